The molecule has 7 heteroatoms. The van der Waals surface area contributed by atoms with Crippen molar-refractivity contribution in [3.63, 3.8) is 0 Å². The fourth-order valence-corrected chi connectivity index (χ4v) is 2.36. The Morgan fingerprint density at radius 2 is 1.28 bits per heavy atom. The van der Waals surface area contributed by atoms with Crippen LogP contribution in [0.15, 0.2) is 61.3 Å². The molecule has 0 unspecified atom stereocenters. The molecule has 0 saturated carbocycles. The SMILES string of the molecule is CC=COCC(COC=CC)(COC=CC)COC(=O)c1ccccc1C(=O)O. The normalized spacial score (nSPS) is 13.5. The molecule has 0 saturated heterocycles. The second-order valence-electron chi connectivity index (χ2n) is 6.27. The van der Waals surface area contributed by atoms with Crippen molar-refractivity contribution in [2.45, 2.75) is 20.8 Å². The van der Waals surface area contributed by atoms with Crippen molar-refractivity contribution < 1.29 is 33.6 Å². The number of allylic oxidation sites excluding steroid dienone is 3. The number of carbonyl (C=O) groups excluding carboxylic acids is 1. The maximum absolute atomic E-state index is 12.6. The van der Waals surface area contributed by atoms with Gasteiger partial charge in [0.15, 0.2) is 0 Å². The van der Waals surface area contributed by atoms with Crippen LogP contribution in [-0.2, 0) is 18.9 Å². The van der Waals surface area contributed by atoms with Crippen LogP contribution in [0, 0.1) is 5.41 Å². The summed E-state index contributed by atoms with van der Waals surface area (Å²) < 4.78 is 22.1. The molecule has 0 aromatic heterocycles. The van der Waals surface area contributed by atoms with Gasteiger partial charge < -0.3 is 24.1 Å². The molecule has 29 heavy (non-hydrogen) atoms. The third-order valence-electron chi connectivity index (χ3n) is 3.75. The molecule has 1 N–H and O–H groups in total. The number of carboxylic acid groups (broad SMARTS) is 1. The highest BCUT2D eigenvalue weighted by Crippen LogP contribution is 2.23. The number of esters is 1. The summed E-state index contributed by atoms with van der Waals surface area (Å²) in [6.45, 7) is 5.86. The van der Waals surface area contributed by atoms with E-state index in [0.29, 0.717) is 0 Å². The number of rotatable bonds is 13. The van der Waals surface area contributed by atoms with Gasteiger partial charge in [-0.05, 0) is 32.9 Å². The average molecular weight is 404 g/mol. The lowest BCUT2D eigenvalue weighted by Crippen LogP contribution is -2.41. The van der Waals surface area contributed by atoms with Crippen molar-refractivity contribution >= 4 is 11.9 Å². The summed E-state index contributed by atoms with van der Waals surface area (Å²) in [7, 11) is 0. The van der Waals surface area contributed by atoms with E-state index in [4.69, 9.17) is 18.9 Å². The second-order valence-corrected chi connectivity index (χ2v) is 6.27. The Balaban J connectivity index is 3.03. The van der Waals surface area contributed by atoms with Crippen LogP contribution in [0.3, 0.4) is 0 Å². The molecule has 1 aromatic rings. The van der Waals surface area contributed by atoms with Gasteiger partial charge in [0.05, 0.1) is 29.9 Å². The minimum absolute atomic E-state index is 0.0213. The third kappa shape index (κ3) is 8.13. The fraction of sp³-hybridized carbons (Fsp3) is 0.364. The number of carboxylic acids is 1. The van der Waals surface area contributed by atoms with Crippen LogP contribution >= 0.6 is 0 Å². The largest absolute Gasteiger partial charge is 0.501 e. The van der Waals surface area contributed by atoms with Crippen molar-refractivity contribution in [2.75, 3.05) is 26.4 Å². The third-order valence-corrected chi connectivity index (χ3v) is 3.75. The molecule has 0 atom stereocenters. The number of ether oxygens (including phenoxy) is 4. The van der Waals surface area contributed by atoms with E-state index in [2.05, 4.69) is 0 Å². The van der Waals surface area contributed by atoms with Gasteiger partial charge in [0, 0.05) is 0 Å². The predicted molar refractivity (Wildman–Crippen MR) is 108 cm³/mol. The molecule has 0 radical (unpaired) electrons. The lowest BCUT2D eigenvalue weighted by molar-refractivity contribution is -0.0534. The Kier molecular flexibility index (Phi) is 10.7. The minimum Gasteiger partial charge on any atom is -0.501 e. The van der Waals surface area contributed by atoms with Gasteiger partial charge in [-0.1, -0.05) is 30.4 Å². The first-order valence-corrected chi connectivity index (χ1v) is 9.17. The van der Waals surface area contributed by atoms with Crippen molar-refractivity contribution in [1.82, 2.24) is 0 Å². The van der Waals surface area contributed by atoms with E-state index < -0.39 is 17.4 Å². The molecule has 0 aliphatic carbocycles. The van der Waals surface area contributed by atoms with Crippen LogP contribution in [0.5, 0.6) is 0 Å². The maximum atomic E-state index is 12.6. The van der Waals surface area contributed by atoms with E-state index in [1.54, 1.807) is 30.4 Å². The zero-order valence-corrected chi connectivity index (χ0v) is 17.0. The summed E-state index contributed by atoms with van der Waals surface area (Å²) >= 11 is 0. The molecule has 0 bridgehead atoms. The van der Waals surface area contributed by atoms with Gasteiger partial charge >= 0.3 is 11.9 Å². The van der Waals surface area contributed by atoms with Gasteiger partial charge in [-0.15, -0.1) is 0 Å². The van der Waals surface area contributed by atoms with Gasteiger partial charge in [0.25, 0.3) is 0 Å². The van der Waals surface area contributed by atoms with Crippen LogP contribution in [0.1, 0.15) is 41.5 Å². The summed E-state index contributed by atoms with van der Waals surface area (Å²) in [5, 5.41) is 9.28. The van der Waals surface area contributed by atoms with Crippen molar-refractivity contribution in [1.29, 1.82) is 0 Å². The molecular weight excluding hydrogens is 376 g/mol. The molecule has 0 aliphatic rings. The summed E-state index contributed by atoms with van der Waals surface area (Å²) in [4.78, 5) is 23.9. The standard InChI is InChI=1S/C22H28O7/c1-4-11-26-14-22(15-27-12-5-2,16-28-13-6-3)17-29-21(25)19-10-8-7-9-18(19)20(23)24/h4-13H,14-17H2,1-3H3,(H,23,24). The van der Waals surface area contributed by atoms with Crippen LogP contribution in [0.4, 0.5) is 0 Å². The fourth-order valence-electron chi connectivity index (χ4n) is 2.36. The van der Waals surface area contributed by atoms with Crippen molar-refractivity contribution in [3.05, 3.63) is 72.4 Å². The molecule has 158 valence electrons. The minimum atomic E-state index is -1.20. The smallest absolute Gasteiger partial charge is 0.339 e. The van der Waals surface area contributed by atoms with Gasteiger partial charge in [-0.25, -0.2) is 9.59 Å². The molecule has 0 fully saturated rings. The van der Waals surface area contributed by atoms with E-state index in [-0.39, 0.29) is 37.6 Å². The molecule has 0 aliphatic heterocycles. The van der Waals surface area contributed by atoms with Crippen LogP contribution < -0.4 is 0 Å². The number of hydrogen-bond acceptors (Lipinski definition) is 6. The Bertz CT molecular complexity index is 694. The zero-order valence-electron chi connectivity index (χ0n) is 17.0. The van der Waals surface area contributed by atoms with E-state index >= 15 is 0 Å². The molecule has 1 rings (SSSR count). The van der Waals surface area contributed by atoms with E-state index in [0.717, 1.165) is 0 Å². The van der Waals surface area contributed by atoms with Gasteiger partial charge in [0.1, 0.15) is 31.8 Å². The highest BCUT2D eigenvalue weighted by atomic mass is 16.5. The molecule has 7 nitrogen and oxygen atoms in total. The predicted octanol–water partition coefficient (Wildman–Crippen LogP) is 4.18. The van der Waals surface area contributed by atoms with E-state index in [1.165, 1.54) is 30.9 Å². The summed E-state index contributed by atoms with van der Waals surface area (Å²) in [5.74, 6) is -1.94. The van der Waals surface area contributed by atoms with Gasteiger partial charge in [-0.3, -0.25) is 0 Å². The Morgan fingerprint density at radius 3 is 1.69 bits per heavy atom. The second kappa shape index (κ2) is 13.0. The van der Waals surface area contributed by atoms with Crippen LogP contribution in [0.2, 0.25) is 0 Å². The van der Waals surface area contributed by atoms with Gasteiger partial charge in [0.2, 0.25) is 0 Å². The highest BCUT2D eigenvalue weighted by Gasteiger charge is 2.35. The molecule has 0 heterocycles. The summed E-state index contributed by atoms with van der Waals surface area (Å²) in [6.07, 6.45) is 9.79. The number of carbonyl (C=O) groups is 2. The quantitative estimate of drug-likeness (QED) is 0.389. The Morgan fingerprint density at radius 1 is 0.828 bits per heavy atom. The first-order chi connectivity index (χ1) is 14.0. The molecule has 1 aromatic carbocycles. The molecular formula is C22H28O7. The lowest BCUT2D eigenvalue weighted by atomic mass is 9.92. The zero-order chi connectivity index (χ0) is 21.5. The van der Waals surface area contributed by atoms with Crippen molar-refractivity contribution in [2.24, 2.45) is 5.41 Å². The van der Waals surface area contributed by atoms with Crippen molar-refractivity contribution in [3.8, 4) is 0 Å². The van der Waals surface area contributed by atoms with Crippen LogP contribution in [0.25, 0.3) is 0 Å². The Labute approximate surface area is 171 Å². The number of aromatic carboxylic acids is 1. The lowest BCUT2D eigenvalue weighted by Gasteiger charge is -2.31. The number of hydrogen-bond donors (Lipinski definition) is 1. The monoisotopic (exact) mass is 404 g/mol. The average Bonchev–Trinajstić information content (AvgIpc) is 2.72. The summed E-state index contributed by atoms with van der Waals surface area (Å²) in [5.41, 5.74) is -0.956. The van der Waals surface area contributed by atoms with Gasteiger partial charge in [-0.2, -0.15) is 0 Å². The summed E-state index contributed by atoms with van der Waals surface area (Å²) in [6, 6.07) is 5.89. The van der Waals surface area contributed by atoms with E-state index in [9.17, 15) is 14.7 Å². The first kappa shape index (κ1) is 23.8. The van der Waals surface area contributed by atoms with E-state index in [1.807, 2.05) is 20.8 Å². The highest BCUT2D eigenvalue weighted by molar-refractivity contribution is 6.02. The number of benzene rings is 1. The topological polar surface area (TPSA) is 91.3 Å². The first-order valence-electron chi connectivity index (χ1n) is 9.17. The molecule has 0 amide bonds. The Hall–Kier alpha value is -3.22. The maximum Gasteiger partial charge on any atom is 0.339 e. The van der Waals surface area contributed by atoms with Crippen LogP contribution in [-0.4, -0.2) is 43.5 Å². The molecule has 0 spiro atoms.